The molecular formula is C15H17N5O2S. The normalized spacial score (nSPS) is 15.2. The number of hydrogen-bond donors (Lipinski definition) is 2. The van der Waals surface area contributed by atoms with E-state index in [-0.39, 0.29) is 0 Å². The summed E-state index contributed by atoms with van der Waals surface area (Å²) in [5, 5.41) is 10.7. The molecule has 23 heavy (non-hydrogen) atoms. The molecule has 1 saturated carbocycles. The van der Waals surface area contributed by atoms with Crippen LogP contribution in [-0.2, 0) is 4.79 Å². The van der Waals surface area contributed by atoms with Crippen molar-refractivity contribution in [3.05, 3.63) is 36.2 Å². The minimum atomic E-state index is -0.856. The number of imide groups is 1. The molecule has 3 rings (SSSR count). The van der Waals surface area contributed by atoms with Gasteiger partial charge in [0.25, 0.3) is 0 Å². The molecule has 1 aromatic carbocycles. The average molecular weight is 331 g/mol. The first-order chi connectivity index (χ1) is 11.1. The Kier molecular flexibility index (Phi) is 4.33. The van der Waals surface area contributed by atoms with Crippen molar-refractivity contribution in [2.75, 3.05) is 0 Å². The molecule has 3 N–H and O–H groups in total. The second kappa shape index (κ2) is 6.41. The first-order valence-corrected chi connectivity index (χ1v) is 8.22. The molecule has 0 radical (unpaired) electrons. The number of primary amides is 1. The van der Waals surface area contributed by atoms with E-state index in [4.69, 9.17) is 5.73 Å². The van der Waals surface area contributed by atoms with E-state index in [1.165, 1.54) is 11.8 Å². The van der Waals surface area contributed by atoms with Crippen molar-refractivity contribution < 1.29 is 9.59 Å². The Labute approximate surface area is 137 Å². The van der Waals surface area contributed by atoms with Gasteiger partial charge in [-0.15, -0.1) is 10.2 Å². The molecule has 1 aliphatic rings. The number of carbonyl (C=O) groups is 2. The van der Waals surface area contributed by atoms with Crippen LogP contribution in [0.1, 0.15) is 31.5 Å². The number of carbonyl (C=O) groups excluding carboxylic acids is 2. The fourth-order valence-electron chi connectivity index (χ4n) is 2.22. The fourth-order valence-corrected chi connectivity index (χ4v) is 3.09. The Morgan fingerprint density at radius 2 is 2.00 bits per heavy atom. The maximum absolute atomic E-state index is 11.9. The minimum absolute atomic E-state index is 0.423. The summed E-state index contributed by atoms with van der Waals surface area (Å²) in [7, 11) is 0. The quantitative estimate of drug-likeness (QED) is 0.814. The van der Waals surface area contributed by atoms with Crippen molar-refractivity contribution in [1.29, 1.82) is 0 Å². The van der Waals surface area contributed by atoms with Crippen LogP contribution in [0.4, 0.5) is 4.79 Å². The predicted octanol–water partition coefficient (Wildman–Crippen LogP) is 1.82. The number of thioether (sulfide) groups is 1. The van der Waals surface area contributed by atoms with Crippen LogP contribution in [0.3, 0.4) is 0 Å². The Hall–Kier alpha value is -2.35. The molecule has 0 saturated heterocycles. The molecule has 0 spiro atoms. The molecule has 0 unspecified atom stereocenters. The maximum atomic E-state index is 11.9. The maximum Gasteiger partial charge on any atom is 0.318 e. The number of nitrogens with zero attached hydrogens (tertiary/aromatic N) is 3. The second-order valence-corrected chi connectivity index (χ2v) is 6.71. The van der Waals surface area contributed by atoms with Gasteiger partial charge in [-0.1, -0.05) is 30.0 Å². The van der Waals surface area contributed by atoms with Crippen LogP contribution >= 0.6 is 11.8 Å². The van der Waals surface area contributed by atoms with Crippen molar-refractivity contribution >= 4 is 23.7 Å². The summed E-state index contributed by atoms with van der Waals surface area (Å²) in [4.78, 5) is 22.7. The van der Waals surface area contributed by atoms with E-state index < -0.39 is 17.2 Å². The molecule has 0 bridgehead atoms. The second-order valence-electron chi connectivity index (χ2n) is 5.40. The van der Waals surface area contributed by atoms with Gasteiger partial charge in [0.1, 0.15) is 5.82 Å². The van der Waals surface area contributed by atoms with Gasteiger partial charge in [-0.25, -0.2) is 4.79 Å². The standard InChI is InChI=1S/C15H17N5O2S/c1-9(13(21)17-14(16)22)23-15-19-18-12(10-7-8-10)20(15)11-5-3-2-4-6-11/h2-6,9-10H,7-8H2,1H3,(H3,16,17,21,22)/t9-/m1/s1. The Balaban J connectivity index is 1.88. The number of rotatable bonds is 5. The van der Waals surface area contributed by atoms with E-state index in [9.17, 15) is 9.59 Å². The van der Waals surface area contributed by atoms with Crippen molar-refractivity contribution in [3.63, 3.8) is 0 Å². The number of para-hydroxylation sites is 1. The van der Waals surface area contributed by atoms with Gasteiger partial charge in [0.05, 0.1) is 5.25 Å². The Bertz CT molecular complexity index is 727. The van der Waals surface area contributed by atoms with Gasteiger partial charge in [0.15, 0.2) is 5.16 Å². The minimum Gasteiger partial charge on any atom is -0.351 e. The van der Waals surface area contributed by atoms with Crippen LogP contribution in [-0.4, -0.2) is 32.0 Å². The van der Waals surface area contributed by atoms with Crippen molar-refractivity contribution in [1.82, 2.24) is 20.1 Å². The molecule has 8 heteroatoms. The van der Waals surface area contributed by atoms with Crippen LogP contribution in [0.25, 0.3) is 5.69 Å². The van der Waals surface area contributed by atoms with E-state index in [0.717, 1.165) is 24.4 Å². The van der Waals surface area contributed by atoms with Gasteiger partial charge in [-0.05, 0) is 31.9 Å². The highest BCUT2D eigenvalue weighted by Crippen LogP contribution is 2.41. The zero-order valence-corrected chi connectivity index (χ0v) is 13.4. The molecule has 120 valence electrons. The summed E-state index contributed by atoms with van der Waals surface area (Å²) in [5.74, 6) is 0.895. The zero-order chi connectivity index (χ0) is 16.4. The monoisotopic (exact) mass is 331 g/mol. The van der Waals surface area contributed by atoms with Crippen molar-refractivity contribution in [2.45, 2.75) is 36.1 Å². The molecule has 0 aliphatic heterocycles. The van der Waals surface area contributed by atoms with Crippen LogP contribution in [0, 0.1) is 0 Å². The topological polar surface area (TPSA) is 103 Å². The summed E-state index contributed by atoms with van der Waals surface area (Å²) in [6.07, 6.45) is 2.21. The first-order valence-electron chi connectivity index (χ1n) is 7.34. The van der Waals surface area contributed by atoms with Crippen LogP contribution < -0.4 is 11.1 Å². The SMILES string of the molecule is C[C@@H](Sc1nnc(C2CC2)n1-c1ccccc1)C(=O)NC(N)=O. The third-order valence-corrected chi connectivity index (χ3v) is 4.56. The van der Waals surface area contributed by atoms with E-state index in [1.807, 2.05) is 34.9 Å². The summed E-state index contributed by atoms with van der Waals surface area (Å²) < 4.78 is 1.98. The number of benzene rings is 1. The number of amides is 3. The number of aromatic nitrogens is 3. The van der Waals surface area contributed by atoms with Crippen LogP contribution in [0.5, 0.6) is 0 Å². The summed E-state index contributed by atoms with van der Waals surface area (Å²) in [6, 6.07) is 8.94. The van der Waals surface area contributed by atoms with Crippen LogP contribution in [0.15, 0.2) is 35.5 Å². The van der Waals surface area contributed by atoms with Gasteiger partial charge >= 0.3 is 6.03 Å². The lowest BCUT2D eigenvalue weighted by molar-refractivity contribution is -0.119. The summed E-state index contributed by atoms with van der Waals surface area (Å²) >= 11 is 1.25. The van der Waals surface area contributed by atoms with Crippen LogP contribution in [0.2, 0.25) is 0 Å². The lowest BCUT2D eigenvalue weighted by Crippen LogP contribution is -2.39. The van der Waals surface area contributed by atoms with E-state index in [0.29, 0.717) is 11.1 Å². The highest BCUT2D eigenvalue weighted by molar-refractivity contribution is 8.00. The fraction of sp³-hybridized carbons (Fsp3) is 0.333. The molecule has 3 amide bonds. The molecule has 1 fully saturated rings. The van der Waals surface area contributed by atoms with Crippen molar-refractivity contribution in [2.24, 2.45) is 5.73 Å². The molecule has 1 heterocycles. The predicted molar refractivity (Wildman–Crippen MR) is 86.4 cm³/mol. The number of hydrogen-bond acceptors (Lipinski definition) is 5. The molecule has 2 aromatic rings. The van der Waals surface area contributed by atoms with E-state index in [2.05, 4.69) is 15.5 Å². The van der Waals surface area contributed by atoms with Gasteiger partial charge in [-0.3, -0.25) is 14.7 Å². The smallest absolute Gasteiger partial charge is 0.318 e. The van der Waals surface area contributed by atoms with E-state index in [1.54, 1.807) is 6.92 Å². The van der Waals surface area contributed by atoms with Gasteiger partial charge in [0.2, 0.25) is 5.91 Å². The van der Waals surface area contributed by atoms with Gasteiger partial charge in [0, 0.05) is 11.6 Å². The summed E-state index contributed by atoms with van der Waals surface area (Å²) in [5.41, 5.74) is 5.95. The highest BCUT2D eigenvalue weighted by Gasteiger charge is 2.31. The molecule has 1 aromatic heterocycles. The lowest BCUT2D eigenvalue weighted by atomic mass is 10.3. The van der Waals surface area contributed by atoms with Gasteiger partial charge < -0.3 is 5.73 Å². The third kappa shape index (κ3) is 3.53. The lowest BCUT2D eigenvalue weighted by Gasteiger charge is -2.12. The molecule has 1 atom stereocenters. The molecular weight excluding hydrogens is 314 g/mol. The number of nitrogens with one attached hydrogen (secondary N) is 1. The van der Waals surface area contributed by atoms with Crippen molar-refractivity contribution in [3.8, 4) is 5.69 Å². The average Bonchev–Trinajstić information content (AvgIpc) is 3.28. The highest BCUT2D eigenvalue weighted by atomic mass is 32.2. The summed E-state index contributed by atoms with van der Waals surface area (Å²) in [6.45, 7) is 1.70. The molecule has 7 nitrogen and oxygen atoms in total. The third-order valence-electron chi connectivity index (χ3n) is 3.51. The first kappa shape index (κ1) is 15.5. The zero-order valence-electron chi connectivity index (χ0n) is 12.6. The number of nitrogens with two attached hydrogens (primary N) is 1. The van der Waals surface area contributed by atoms with E-state index >= 15 is 0 Å². The Morgan fingerprint density at radius 1 is 1.30 bits per heavy atom. The molecule has 1 aliphatic carbocycles. The number of urea groups is 1. The largest absolute Gasteiger partial charge is 0.351 e. The Morgan fingerprint density at radius 3 is 2.61 bits per heavy atom. The van der Waals surface area contributed by atoms with Gasteiger partial charge in [-0.2, -0.15) is 0 Å².